The van der Waals surface area contributed by atoms with Crippen LogP contribution in [0.5, 0.6) is 5.75 Å². The van der Waals surface area contributed by atoms with E-state index in [0.717, 1.165) is 29.8 Å². The molecule has 0 saturated heterocycles. The number of fused-ring (bicyclic) bond motifs is 1. The lowest BCUT2D eigenvalue weighted by molar-refractivity contribution is -0.137. The molecule has 0 radical (unpaired) electrons. The van der Waals surface area contributed by atoms with Gasteiger partial charge in [-0.15, -0.1) is 0 Å². The zero-order valence-corrected chi connectivity index (χ0v) is 16.3. The number of hydrogen-bond donors (Lipinski definition) is 1. The molecule has 0 bridgehead atoms. The van der Waals surface area contributed by atoms with E-state index in [0.29, 0.717) is 6.54 Å². The Morgan fingerprint density at radius 2 is 1.97 bits per heavy atom. The second-order valence-corrected chi connectivity index (χ2v) is 6.79. The second kappa shape index (κ2) is 8.73. The number of anilines is 2. The summed E-state index contributed by atoms with van der Waals surface area (Å²) in [6.45, 7) is 2.83. The van der Waals surface area contributed by atoms with Crippen molar-refractivity contribution < 1.29 is 27.4 Å². The van der Waals surface area contributed by atoms with Crippen molar-refractivity contribution in [2.24, 2.45) is 0 Å². The number of carbonyl (C=O) groups excluding carboxylic acids is 1. The lowest BCUT2D eigenvalue weighted by atomic mass is 10.1. The average molecular weight is 408 g/mol. The number of rotatable bonds is 7. The monoisotopic (exact) mass is 408 g/mol. The maximum atomic E-state index is 13.1. The molecule has 1 aliphatic heterocycles. The summed E-state index contributed by atoms with van der Waals surface area (Å²) in [5.41, 5.74) is 1.25. The zero-order valence-electron chi connectivity index (χ0n) is 16.3. The summed E-state index contributed by atoms with van der Waals surface area (Å²) < 4.78 is 49.8. The molecule has 0 saturated carbocycles. The van der Waals surface area contributed by atoms with Crippen LogP contribution in [0.15, 0.2) is 42.5 Å². The number of hydrogen-bond acceptors (Lipinski definition) is 4. The van der Waals surface area contributed by atoms with Gasteiger partial charge in [0.15, 0.2) is 0 Å². The first kappa shape index (κ1) is 21.0. The highest BCUT2D eigenvalue weighted by Crippen LogP contribution is 2.36. The molecule has 2 aromatic carbocycles. The molecule has 0 spiro atoms. The molecule has 1 amide bonds. The van der Waals surface area contributed by atoms with Gasteiger partial charge in [-0.1, -0.05) is 18.2 Å². The molecule has 0 fully saturated rings. The van der Waals surface area contributed by atoms with E-state index in [1.54, 1.807) is 6.92 Å². The SMILES string of the molecule is COCCOc1ccc(C(F)(F)F)cc1NC(=O)C(C)N1CCc2ccccc21. The molecule has 8 heteroatoms. The molecule has 1 unspecified atom stereocenters. The van der Waals surface area contributed by atoms with Crippen LogP contribution in [-0.4, -0.2) is 38.8 Å². The third-order valence-corrected chi connectivity index (χ3v) is 4.88. The first-order valence-electron chi connectivity index (χ1n) is 9.29. The molecule has 1 atom stereocenters. The molecule has 0 aromatic heterocycles. The Labute approximate surface area is 167 Å². The van der Waals surface area contributed by atoms with Gasteiger partial charge in [-0.05, 0) is 43.2 Å². The second-order valence-electron chi connectivity index (χ2n) is 6.79. The third kappa shape index (κ3) is 4.82. The number of ether oxygens (including phenoxy) is 2. The van der Waals surface area contributed by atoms with Gasteiger partial charge in [0.2, 0.25) is 5.91 Å². The molecule has 1 N–H and O–H groups in total. The molecule has 29 heavy (non-hydrogen) atoms. The Bertz CT molecular complexity index is 870. The van der Waals surface area contributed by atoms with Crippen molar-refractivity contribution in [2.75, 3.05) is 37.1 Å². The minimum absolute atomic E-state index is 0.0136. The minimum Gasteiger partial charge on any atom is -0.489 e. The van der Waals surface area contributed by atoms with Gasteiger partial charge in [0, 0.05) is 19.3 Å². The van der Waals surface area contributed by atoms with Crippen molar-refractivity contribution in [1.29, 1.82) is 0 Å². The Morgan fingerprint density at radius 1 is 1.21 bits per heavy atom. The van der Waals surface area contributed by atoms with Gasteiger partial charge in [-0.25, -0.2) is 0 Å². The number of methoxy groups -OCH3 is 1. The van der Waals surface area contributed by atoms with Gasteiger partial charge in [0.1, 0.15) is 18.4 Å². The van der Waals surface area contributed by atoms with E-state index in [1.807, 2.05) is 29.2 Å². The summed E-state index contributed by atoms with van der Waals surface area (Å²) in [5, 5.41) is 2.61. The number of para-hydroxylation sites is 1. The number of nitrogens with one attached hydrogen (secondary N) is 1. The Hall–Kier alpha value is -2.74. The van der Waals surface area contributed by atoms with Gasteiger partial charge in [0.25, 0.3) is 0 Å². The Kier molecular flexibility index (Phi) is 6.32. The van der Waals surface area contributed by atoms with E-state index >= 15 is 0 Å². The normalized spacial score (nSPS) is 14.4. The van der Waals surface area contributed by atoms with Gasteiger partial charge in [0.05, 0.1) is 17.9 Å². The first-order chi connectivity index (χ1) is 13.8. The van der Waals surface area contributed by atoms with Crippen molar-refractivity contribution in [1.82, 2.24) is 0 Å². The predicted octanol–water partition coefficient (Wildman–Crippen LogP) is 4.12. The molecule has 5 nitrogen and oxygen atoms in total. The van der Waals surface area contributed by atoms with E-state index in [9.17, 15) is 18.0 Å². The number of benzene rings is 2. The molecule has 3 rings (SSSR count). The van der Waals surface area contributed by atoms with Crippen molar-refractivity contribution >= 4 is 17.3 Å². The Balaban J connectivity index is 1.80. The average Bonchev–Trinajstić information content (AvgIpc) is 3.12. The van der Waals surface area contributed by atoms with Crippen LogP contribution >= 0.6 is 0 Å². The predicted molar refractivity (Wildman–Crippen MR) is 104 cm³/mol. The topological polar surface area (TPSA) is 50.8 Å². The quantitative estimate of drug-likeness (QED) is 0.701. The van der Waals surface area contributed by atoms with Crippen LogP contribution in [-0.2, 0) is 22.1 Å². The van der Waals surface area contributed by atoms with E-state index in [-0.39, 0.29) is 24.7 Å². The van der Waals surface area contributed by atoms with Gasteiger partial charge >= 0.3 is 6.18 Å². The largest absolute Gasteiger partial charge is 0.489 e. The van der Waals surface area contributed by atoms with Crippen molar-refractivity contribution in [3.8, 4) is 5.75 Å². The van der Waals surface area contributed by atoms with Crippen LogP contribution < -0.4 is 15.0 Å². The standard InChI is InChI=1S/C21H23F3N2O3/c1-14(26-10-9-15-5-3-4-6-18(15)26)20(27)25-17-13-16(21(22,23)24)7-8-19(17)29-12-11-28-2/h3-8,13-14H,9-12H2,1-2H3,(H,25,27). The molecule has 1 aliphatic rings. The van der Waals surface area contributed by atoms with E-state index < -0.39 is 23.7 Å². The first-order valence-corrected chi connectivity index (χ1v) is 9.29. The van der Waals surface area contributed by atoms with Gasteiger partial charge < -0.3 is 19.7 Å². The molecule has 156 valence electrons. The highest BCUT2D eigenvalue weighted by molar-refractivity contribution is 5.98. The summed E-state index contributed by atoms with van der Waals surface area (Å²) in [4.78, 5) is 14.8. The smallest absolute Gasteiger partial charge is 0.416 e. The van der Waals surface area contributed by atoms with Crippen LogP contribution in [0.2, 0.25) is 0 Å². The van der Waals surface area contributed by atoms with Gasteiger partial charge in [-0.2, -0.15) is 13.2 Å². The third-order valence-electron chi connectivity index (χ3n) is 4.88. The van der Waals surface area contributed by atoms with Crippen LogP contribution in [0.4, 0.5) is 24.5 Å². The summed E-state index contributed by atoms with van der Waals surface area (Å²) in [5.74, 6) is -0.241. The molecule has 2 aromatic rings. The highest BCUT2D eigenvalue weighted by Gasteiger charge is 2.32. The Morgan fingerprint density at radius 3 is 2.69 bits per heavy atom. The molecule has 0 aliphatic carbocycles. The van der Waals surface area contributed by atoms with Crippen molar-refractivity contribution in [3.63, 3.8) is 0 Å². The maximum absolute atomic E-state index is 13.1. The van der Waals surface area contributed by atoms with E-state index in [1.165, 1.54) is 13.2 Å². The van der Waals surface area contributed by atoms with E-state index in [2.05, 4.69) is 5.32 Å². The van der Waals surface area contributed by atoms with E-state index in [4.69, 9.17) is 9.47 Å². The minimum atomic E-state index is -4.52. The fraction of sp³-hybridized carbons (Fsp3) is 0.381. The summed E-state index contributed by atoms with van der Waals surface area (Å²) in [6.07, 6.45) is -3.70. The highest BCUT2D eigenvalue weighted by atomic mass is 19.4. The van der Waals surface area contributed by atoms with Crippen LogP contribution in [0, 0.1) is 0 Å². The number of nitrogens with zero attached hydrogens (tertiary/aromatic N) is 1. The molecular formula is C21H23F3N2O3. The summed E-state index contributed by atoms with van der Waals surface area (Å²) in [6, 6.07) is 10.3. The van der Waals surface area contributed by atoms with Crippen LogP contribution in [0.3, 0.4) is 0 Å². The van der Waals surface area contributed by atoms with Crippen molar-refractivity contribution in [2.45, 2.75) is 25.6 Å². The number of amides is 1. The molecular weight excluding hydrogens is 385 g/mol. The summed E-state index contributed by atoms with van der Waals surface area (Å²) in [7, 11) is 1.49. The number of halogens is 3. The molecule has 1 heterocycles. The fourth-order valence-corrected chi connectivity index (χ4v) is 3.31. The fourth-order valence-electron chi connectivity index (χ4n) is 3.31. The summed E-state index contributed by atoms with van der Waals surface area (Å²) >= 11 is 0. The van der Waals surface area contributed by atoms with Crippen LogP contribution in [0.1, 0.15) is 18.1 Å². The van der Waals surface area contributed by atoms with Crippen LogP contribution in [0.25, 0.3) is 0 Å². The lowest BCUT2D eigenvalue weighted by Gasteiger charge is -2.27. The van der Waals surface area contributed by atoms with Gasteiger partial charge in [-0.3, -0.25) is 4.79 Å². The number of carbonyl (C=O) groups is 1. The zero-order chi connectivity index (χ0) is 21.0. The van der Waals surface area contributed by atoms with Crippen molar-refractivity contribution in [3.05, 3.63) is 53.6 Å². The maximum Gasteiger partial charge on any atom is 0.416 e. The lowest BCUT2D eigenvalue weighted by Crippen LogP contribution is -2.41. The number of alkyl halides is 3.